The highest BCUT2D eigenvalue weighted by molar-refractivity contribution is 7.17. The Morgan fingerprint density at radius 2 is 2.19 bits per heavy atom. The summed E-state index contributed by atoms with van der Waals surface area (Å²) >= 11 is 0.802. The van der Waals surface area contributed by atoms with Crippen molar-refractivity contribution >= 4 is 17.3 Å². The van der Waals surface area contributed by atoms with Gasteiger partial charge in [-0.1, -0.05) is 12.1 Å². The van der Waals surface area contributed by atoms with Gasteiger partial charge < -0.3 is 10.2 Å². The van der Waals surface area contributed by atoms with E-state index in [0.29, 0.717) is 5.56 Å². The minimum absolute atomic E-state index is 0.251. The summed E-state index contributed by atoms with van der Waals surface area (Å²) in [6.45, 7) is 0. The van der Waals surface area contributed by atoms with E-state index in [9.17, 15) is 14.3 Å². The van der Waals surface area contributed by atoms with E-state index >= 15 is 0 Å². The fourth-order valence-electron chi connectivity index (χ4n) is 1.20. The predicted octanol–water partition coefficient (Wildman–Crippen LogP) is 2.35. The summed E-state index contributed by atoms with van der Waals surface area (Å²) in [7, 11) is 0. The first-order valence-corrected chi connectivity index (χ1v) is 5.08. The number of thiazole rings is 1. The number of nitrogens with zero attached hydrogens (tertiary/aromatic N) is 1. The molecule has 2 rings (SSSR count). The van der Waals surface area contributed by atoms with Crippen LogP contribution in [0.4, 0.5) is 4.39 Å². The molecule has 4 nitrogen and oxygen atoms in total. The fourth-order valence-corrected chi connectivity index (χ4v) is 1.99. The Labute approximate surface area is 93.6 Å². The molecule has 0 spiro atoms. The van der Waals surface area contributed by atoms with E-state index in [1.807, 2.05) is 0 Å². The van der Waals surface area contributed by atoms with E-state index in [1.54, 1.807) is 6.07 Å². The fraction of sp³-hybridized carbons (Fsp3) is 0. The van der Waals surface area contributed by atoms with Crippen molar-refractivity contribution in [2.24, 2.45) is 0 Å². The minimum atomic E-state index is -1.25. The SMILES string of the molecule is O=C(O)c1sc(-c2cccc(F)c2)nc1O. The average Bonchev–Trinajstić information content (AvgIpc) is 2.60. The molecule has 1 aromatic carbocycles. The van der Waals surface area contributed by atoms with Crippen molar-refractivity contribution in [3.8, 4) is 16.5 Å². The Hall–Kier alpha value is -1.95. The van der Waals surface area contributed by atoms with Crippen LogP contribution in [0.25, 0.3) is 10.6 Å². The number of aromatic nitrogens is 1. The number of rotatable bonds is 2. The van der Waals surface area contributed by atoms with Gasteiger partial charge in [0.05, 0.1) is 0 Å². The first kappa shape index (κ1) is 10.6. The summed E-state index contributed by atoms with van der Waals surface area (Å²) < 4.78 is 12.9. The Balaban J connectivity index is 2.49. The molecule has 16 heavy (non-hydrogen) atoms. The number of halogens is 1. The molecule has 0 saturated heterocycles. The Morgan fingerprint density at radius 3 is 2.75 bits per heavy atom. The molecule has 2 aromatic rings. The van der Waals surface area contributed by atoms with Crippen LogP contribution in [-0.2, 0) is 0 Å². The van der Waals surface area contributed by atoms with Crippen LogP contribution in [0, 0.1) is 5.82 Å². The maximum atomic E-state index is 12.9. The lowest BCUT2D eigenvalue weighted by Gasteiger charge is -1.94. The molecule has 0 radical (unpaired) electrons. The van der Waals surface area contributed by atoms with Gasteiger partial charge in [0.15, 0.2) is 4.88 Å². The first-order valence-electron chi connectivity index (χ1n) is 4.27. The van der Waals surface area contributed by atoms with Crippen LogP contribution in [-0.4, -0.2) is 21.2 Å². The molecule has 0 saturated carbocycles. The van der Waals surface area contributed by atoms with Crippen molar-refractivity contribution in [1.29, 1.82) is 0 Å². The van der Waals surface area contributed by atoms with Gasteiger partial charge >= 0.3 is 5.97 Å². The monoisotopic (exact) mass is 239 g/mol. The number of carboxylic acids is 1. The Bertz CT molecular complexity index is 553. The number of carboxylic acid groups (broad SMARTS) is 1. The van der Waals surface area contributed by atoms with E-state index < -0.39 is 17.7 Å². The van der Waals surface area contributed by atoms with Gasteiger partial charge in [-0.05, 0) is 12.1 Å². The number of aromatic hydroxyl groups is 1. The molecular formula is C10H6FNO3S. The number of benzene rings is 1. The third kappa shape index (κ3) is 1.87. The zero-order chi connectivity index (χ0) is 11.7. The maximum Gasteiger partial charge on any atom is 0.351 e. The normalized spacial score (nSPS) is 10.3. The zero-order valence-electron chi connectivity index (χ0n) is 7.85. The van der Waals surface area contributed by atoms with E-state index in [2.05, 4.69) is 4.98 Å². The smallest absolute Gasteiger partial charge is 0.351 e. The highest BCUT2D eigenvalue weighted by atomic mass is 32.1. The Kier molecular flexibility index (Phi) is 2.57. The Morgan fingerprint density at radius 1 is 1.44 bits per heavy atom. The van der Waals surface area contributed by atoms with E-state index in [-0.39, 0.29) is 9.88 Å². The second kappa shape index (κ2) is 3.90. The molecule has 1 aromatic heterocycles. The van der Waals surface area contributed by atoms with Gasteiger partial charge in [-0.25, -0.2) is 14.2 Å². The van der Waals surface area contributed by atoms with Crippen molar-refractivity contribution in [3.05, 3.63) is 35.0 Å². The lowest BCUT2D eigenvalue weighted by molar-refractivity contribution is 0.0699. The zero-order valence-corrected chi connectivity index (χ0v) is 8.66. The molecule has 0 aliphatic carbocycles. The maximum absolute atomic E-state index is 12.9. The average molecular weight is 239 g/mol. The van der Waals surface area contributed by atoms with Crippen LogP contribution in [0.3, 0.4) is 0 Å². The van der Waals surface area contributed by atoms with Gasteiger partial charge in [-0.3, -0.25) is 0 Å². The summed E-state index contributed by atoms with van der Waals surface area (Å²) in [5, 5.41) is 18.2. The van der Waals surface area contributed by atoms with Crippen molar-refractivity contribution in [3.63, 3.8) is 0 Å². The van der Waals surface area contributed by atoms with E-state index in [1.165, 1.54) is 18.2 Å². The van der Waals surface area contributed by atoms with Crippen LogP contribution in [0.5, 0.6) is 5.88 Å². The van der Waals surface area contributed by atoms with E-state index in [0.717, 1.165) is 11.3 Å². The number of carbonyl (C=O) groups is 1. The second-order valence-corrected chi connectivity index (χ2v) is 3.99. The minimum Gasteiger partial charge on any atom is -0.492 e. The molecule has 0 atom stereocenters. The van der Waals surface area contributed by atoms with Crippen molar-refractivity contribution in [2.45, 2.75) is 0 Å². The molecule has 0 aliphatic heterocycles. The van der Waals surface area contributed by atoms with Gasteiger partial charge in [0, 0.05) is 5.56 Å². The van der Waals surface area contributed by atoms with Crippen LogP contribution in [0.2, 0.25) is 0 Å². The number of hydrogen-bond acceptors (Lipinski definition) is 4. The summed E-state index contributed by atoms with van der Waals surface area (Å²) in [4.78, 5) is 14.1. The van der Waals surface area contributed by atoms with Gasteiger partial charge in [-0.15, -0.1) is 11.3 Å². The lowest BCUT2D eigenvalue weighted by Crippen LogP contribution is -1.91. The highest BCUT2D eigenvalue weighted by Crippen LogP contribution is 2.31. The quantitative estimate of drug-likeness (QED) is 0.843. The molecule has 0 aliphatic rings. The largest absolute Gasteiger partial charge is 0.492 e. The molecular weight excluding hydrogens is 233 g/mol. The highest BCUT2D eigenvalue weighted by Gasteiger charge is 2.17. The molecule has 0 unspecified atom stereocenters. The van der Waals surface area contributed by atoms with Crippen LogP contribution in [0.1, 0.15) is 9.67 Å². The molecule has 82 valence electrons. The third-order valence-corrected chi connectivity index (χ3v) is 2.96. The molecule has 6 heteroatoms. The standard InChI is InChI=1S/C10H6FNO3S/c11-6-3-1-2-5(4-6)9-12-8(13)7(16-9)10(14)15/h1-4,13H,(H,14,15). The topological polar surface area (TPSA) is 70.4 Å². The van der Waals surface area contributed by atoms with Crippen molar-refractivity contribution in [1.82, 2.24) is 4.98 Å². The lowest BCUT2D eigenvalue weighted by atomic mass is 10.2. The number of aromatic carboxylic acids is 1. The van der Waals surface area contributed by atoms with E-state index in [4.69, 9.17) is 5.11 Å². The summed E-state index contributed by atoms with van der Waals surface area (Å²) in [5.74, 6) is -2.24. The molecule has 1 heterocycles. The summed E-state index contributed by atoms with van der Waals surface area (Å²) in [5.41, 5.74) is 0.438. The third-order valence-electron chi connectivity index (χ3n) is 1.88. The number of hydrogen-bond donors (Lipinski definition) is 2. The molecule has 2 N–H and O–H groups in total. The van der Waals surface area contributed by atoms with Gasteiger partial charge in [0.1, 0.15) is 10.8 Å². The van der Waals surface area contributed by atoms with Crippen LogP contribution >= 0.6 is 11.3 Å². The molecule has 0 bridgehead atoms. The van der Waals surface area contributed by atoms with Gasteiger partial charge in [0.2, 0.25) is 5.88 Å². The van der Waals surface area contributed by atoms with Crippen LogP contribution < -0.4 is 0 Å². The van der Waals surface area contributed by atoms with Crippen molar-refractivity contribution in [2.75, 3.05) is 0 Å². The molecule has 0 fully saturated rings. The predicted molar refractivity (Wildman–Crippen MR) is 56.1 cm³/mol. The van der Waals surface area contributed by atoms with Crippen molar-refractivity contribution < 1.29 is 19.4 Å². The summed E-state index contributed by atoms with van der Waals surface area (Å²) in [6.07, 6.45) is 0. The van der Waals surface area contributed by atoms with Gasteiger partial charge in [-0.2, -0.15) is 0 Å². The molecule has 0 amide bonds. The van der Waals surface area contributed by atoms with Crippen LogP contribution in [0.15, 0.2) is 24.3 Å². The summed E-state index contributed by atoms with van der Waals surface area (Å²) in [6, 6.07) is 5.58. The van der Waals surface area contributed by atoms with Gasteiger partial charge in [0.25, 0.3) is 0 Å². The second-order valence-electron chi connectivity index (χ2n) is 2.99. The first-order chi connectivity index (χ1) is 7.58.